The van der Waals surface area contributed by atoms with Crippen molar-refractivity contribution in [3.05, 3.63) is 67.7 Å². The molecule has 1 nitrogen and oxygen atoms in total. The summed E-state index contributed by atoms with van der Waals surface area (Å²) in [5.74, 6) is 0. The predicted octanol–water partition coefficient (Wildman–Crippen LogP) is 7.14. The molecule has 22 heavy (non-hydrogen) atoms. The minimum absolute atomic E-state index is 0.760. The van der Waals surface area contributed by atoms with E-state index in [1.165, 1.54) is 14.6 Å². The highest BCUT2D eigenvalue weighted by Gasteiger charge is 2.07. The molecule has 2 aromatic carbocycles. The Labute approximate surface area is 152 Å². The van der Waals surface area contributed by atoms with Crippen LogP contribution in [0.3, 0.4) is 0 Å². The maximum absolute atomic E-state index is 10.7. The second-order valence-corrected chi connectivity index (χ2v) is 8.62. The molecule has 0 aliphatic carbocycles. The average Bonchev–Trinajstić information content (AvgIpc) is 3.08. The lowest BCUT2D eigenvalue weighted by atomic mass is 10.2. The van der Waals surface area contributed by atoms with E-state index in [0.717, 1.165) is 25.7 Å². The monoisotopic (exact) mass is 452 g/mol. The number of carbonyl (C=O) groups excluding carboxylic acids is 1. The molecule has 0 spiro atoms. The van der Waals surface area contributed by atoms with Crippen molar-refractivity contribution in [2.45, 2.75) is 0 Å². The van der Waals surface area contributed by atoms with Gasteiger partial charge >= 0.3 is 0 Å². The van der Waals surface area contributed by atoms with Gasteiger partial charge in [0.1, 0.15) is 0 Å². The Balaban J connectivity index is 0.000000133. The average molecular weight is 454 g/mol. The molecule has 4 rings (SSSR count). The topological polar surface area (TPSA) is 17.1 Å². The first-order valence-electron chi connectivity index (χ1n) is 6.44. The van der Waals surface area contributed by atoms with Gasteiger partial charge in [-0.05, 0) is 44.0 Å². The van der Waals surface area contributed by atoms with Crippen LogP contribution in [0, 0.1) is 0 Å². The number of hydrogen-bond donors (Lipinski definition) is 0. The molecule has 0 atom stereocenters. The zero-order valence-corrected chi connectivity index (χ0v) is 16.1. The second kappa shape index (κ2) is 7.04. The van der Waals surface area contributed by atoms with Crippen LogP contribution >= 0.6 is 54.5 Å². The Hall–Kier alpha value is -1.01. The van der Waals surface area contributed by atoms with Gasteiger partial charge < -0.3 is 0 Å². The summed E-state index contributed by atoms with van der Waals surface area (Å²) >= 11 is 10.2. The minimum Gasteiger partial charge on any atom is -0.298 e. The van der Waals surface area contributed by atoms with Crippen LogP contribution in [0.4, 0.5) is 0 Å². The molecule has 0 saturated carbocycles. The third kappa shape index (κ3) is 3.18. The molecule has 0 amide bonds. The summed E-state index contributed by atoms with van der Waals surface area (Å²) < 4.78 is 4.60. The number of thiophene rings is 2. The number of carbonyl (C=O) groups is 1. The van der Waals surface area contributed by atoms with E-state index in [1.807, 2.05) is 24.3 Å². The van der Waals surface area contributed by atoms with Crippen LogP contribution < -0.4 is 0 Å². The van der Waals surface area contributed by atoms with Crippen LogP contribution in [-0.2, 0) is 0 Å². The van der Waals surface area contributed by atoms with Crippen molar-refractivity contribution >= 4 is 81.0 Å². The molecule has 0 bridgehead atoms. The maximum atomic E-state index is 10.7. The van der Waals surface area contributed by atoms with Gasteiger partial charge in [0.25, 0.3) is 0 Å². The van der Waals surface area contributed by atoms with E-state index in [2.05, 4.69) is 61.5 Å². The first-order chi connectivity index (χ1) is 10.7. The van der Waals surface area contributed by atoms with Gasteiger partial charge in [0, 0.05) is 35.6 Å². The van der Waals surface area contributed by atoms with Gasteiger partial charge in [0.2, 0.25) is 0 Å². The van der Waals surface area contributed by atoms with Gasteiger partial charge in [-0.1, -0.05) is 36.4 Å². The minimum atomic E-state index is 0.760. The smallest absolute Gasteiger partial charge is 0.152 e. The van der Waals surface area contributed by atoms with Crippen LogP contribution in [0.5, 0.6) is 0 Å². The van der Waals surface area contributed by atoms with Gasteiger partial charge in [0.15, 0.2) is 6.29 Å². The van der Waals surface area contributed by atoms with Crippen molar-refractivity contribution < 1.29 is 4.79 Å². The van der Waals surface area contributed by atoms with Crippen molar-refractivity contribution in [3.8, 4) is 0 Å². The molecule has 110 valence electrons. The summed E-state index contributed by atoms with van der Waals surface area (Å²) in [7, 11) is 0. The molecule has 5 heteroatoms. The lowest BCUT2D eigenvalue weighted by Crippen LogP contribution is -1.74. The fraction of sp³-hybridized carbons (Fsp3) is 0. The Kier molecular flexibility index (Phi) is 5.08. The first-order valence-corrected chi connectivity index (χ1v) is 9.73. The van der Waals surface area contributed by atoms with Gasteiger partial charge in [-0.25, -0.2) is 0 Å². The predicted molar refractivity (Wildman–Crippen MR) is 104 cm³/mol. The number of aldehydes is 1. The zero-order chi connectivity index (χ0) is 15.5. The van der Waals surface area contributed by atoms with Crippen molar-refractivity contribution in [1.82, 2.24) is 0 Å². The van der Waals surface area contributed by atoms with Crippen LogP contribution in [0.25, 0.3) is 20.2 Å². The zero-order valence-electron chi connectivity index (χ0n) is 11.3. The second-order valence-electron chi connectivity index (χ2n) is 4.48. The van der Waals surface area contributed by atoms with E-state index in [0.29, 0.717) is 0 Å². The van der Waals surface area contributed by atoms with E-state index >= 15 is 0 Å². The Morgan fingerprint density at radius 1 is 0.864 bits per heavy atom. The van der Waals surface area contributed by atoms with Gasteiger partial charge in [-0.15, -0.1) is 22.7 Å². The van der Waals surface area contributed by atoms with Crippen LogP contribution in [-0.4, -0.2) is 6.29 Å². The largest absolute Gasteiger partial charge is 0.298 e. The molecule has 0 N–H and O–H groups in total. The molecule has 0 fully saturated rings. The number of fused-ring (bicyclic) bond motifs is 2. The van der Waals surface area contributed by atoms with Gasteiger partial charge in [-0.3, -0.25) is 4.79 Å². The lowest BCUT2D eigenvalue weighted by Gasteiger charge is -1.87. The normalized spacial score (nSPS) is 10.5. The van der Waals surface area contributed by atoms with Crippen molar-refractivity contribution in [2.75, 3.05) is 0 Å². The van der Waals surface area contributed by atoms with Crippen molar-refractivity contribution in [1.29, 1.82) is 0 Å². The SMILES string of the molecule is Brc1csc2ccccc12.O=Cc1c(Br)sc2ccccc12. The van der Waals surface area contributed by atoms with Gasteiger partial charge in [0.05, 0.1) is 3.79 Å². The van der Waals surface area contributed by atoms with Crippen molar-refractivity contribution in [3.63, 3.8) is 0 Å². The summed E-state index contributed by atoms with van der Waals surface area (Å²) in [6.45, 7) is 0. The van der Waals surface area contributed by atoms with E-state index in [1.54, 1.807) is 22.7 Å². The van der Waals surface area contributed by atoms with E-state index in [4.69, 9.17) is 0 Å². The van der Waals surface area contributed by atoms with Gasteiger partial charge in [-0.2, -0.15) is 0 Å². The maximum Gasteiger partial charge on any atom is 0.152 e. The Bertz CT molecular complexity index is 940. The van der Waals surface area contributed by atoms with Crippen LogP contribution in [0.2, 0.25) is 0 Å². The number of rotatable bonds is 1. The highest BCUT2D eigenvalue weighted by atomic mass is 79.9. The number of hydrogen-bond acceptors (Lipinski definition) is 3. The number of benzene rings is 2. The third-order valence-corrected chi connectivity index (χ3v) is 6.95. The highest BCUT2D eigenvalue weighted by Crippen LogP contribution is 2.33. The third-order valence-electron chi connectivity index (χ3n) is 3.14. The molecule has 2 aromatic heterocycles. The van der Waals surface area contributed by atoms with Crippen molar-refractivity contribution in [2.24, 2.45) is 0 Å². The molecule has 2 heterocycles. The van der Waals surface area contributed by atoms with E-state index < -0.39 is 0 Å². The molecule has 0 unspecified atom stereocenters. The summed E-state index contributed by atoms with van der Waals surface area (Å²) in [5.41, 5.74) is 0.760. The fourth-order valence-corrected chi connectivity index (χ4v) is 5.39. The summed E-state index contributed by atoms with van der Waals surface area (Å²) in [6.07, 6.45) is 0.892. The first kappa shape index (κ1) is 15.9. The highest BCUT2D eigenvalue weighted by molar-refractivity contribution is 9.11. The number of halogens is 2. The standard InChI is InChI=1S/C9H5BrOS.C8H5BrS/c10-9-7(5-11)6-3-1-2-4-8(6)12-9;9-7-5-10-8-4-2-1-3-6(7)8/h1-5H;1-5H. The summed E-state index contributed by atoms with van der Waals surface area (Å²) in [5, 5.41) is 4.46. The Morgan fingerprint density at radius 2 is 1.50 bits per heavy atom. The van der Waals surface area contributed by atoms with Crippen LogP contribution in [0.15, 0.2) is 62.2 Å². The summed E-state index contributed by atoms with van der Waals surface area (Å²) in [6, 6.07) is 16.2. The van der Waals surface area contributed by atoms with E-state index in [-0.39, 0.29) is 0 Å². The fourth-order valence-electron chi connectivity index (χ4n) is 2.09. The molecule has 0 radical (unpaired) electrons. The molecule has 4 aromatic rings. The molecular weight excluding hydrogens is 444 g/mol. The lowest BCUT2D eigenvalue weighted by molar-refractivity contribution is 0.112. The van der Waals surface area contributed by atoms with E-state index in [9.17, 15) is 4.79 Å². The quantitative estimate of drug-likeness (QED) is 0.280. The molecule has 0 saturated heterocycles. The molecular formula is C17H10Br2OS2. The molecule has 0 aliphatic heterocycles. The summed E-state index contributed by atoms with van der Waals surface area (Å²) in [4.78, 5) is 10.7. The van der Waals surface area contributed by atoms with Crippen LogP contribution in [0.1, 0.15) is 10.4 Å². The Morgan fingerprint density at radius 3 is 2.18 bits per heavy atom. The molecule has 0 aliphatic rings.